The van der Waals surface area contributed by atoms with Crippen LogP contribution in [0.2, 0.25) is 5.02 Å². The van der Waals surface area contributed by atoms with Crippen molar-refractivity contribution in [2.75, 3.05) is 11.9 Å². The molecule has 3 aromatic rings. The van der Waals surface area contributed by atoms with Crippen LogP contribution in [0.5, 0.6) is 0 Å². The molecule has 2 aromatic carbocycles. The molecule has 0 aliphatic carbocycles. The number of halogens is 3. The zero-order valence-electron chi connectivity index (χ0n) is 15.4. The zero-order valence-corrected chi connectivity index (χ0v) is 16.1. The average molecular weight is 438 g/mol. The first-order chi connectivity index (χ1) is 14.3. The quantitative estimate of drug-likeness (QED) is 0.335. The Morgan fingerprint density at radius 3 is 2.80 bits per heavy atom. The van der Waals surface area contributed by atoms with Crippen LogP contribution in [-0.4, -0.2) is 32.7 Å². The van der Waals surface area contributed by atoms with Gasteiger partial charge in [0.2, 0.25) is 0 Å². The molecule has 0 saturated heterocycles. The van der Waals surface area contributed by atoms with Gasteiger partial charge in [0.1, 0.15) is 10.7 Å². The highest BCUT2D eigenvalue weighted by Crippen LogP contribution is 2.27. The van der Waals surface area contributed by atoms with E-state index >= 15 is 0 Å². The monoisotopic (exact) mass is 437 g/mol. The lowest BCUT2D eigenvalue weighted by Gasteiger charge is -2.08. The largest absolute Gasteiger partial charge is 0.385 e. The number of aromatic nitrogens is 2. The number of nitrogens with zero attached hydrogens (tertiary/aromatic N) is 4. The number of alkyl halides is 2. The number of rotatable bonds is 7. The van der Waals surface area contributed by atoms with Crippen molar-refractivity contribution in [3.05, 3.63) is 63.4 Å². The lowest BCUT2D eigenvalue weighted by atomic mass is 10.3. The van der Waals surface area contributed by atoms with Gasteiger partial charge in [0, 0.05) is 11.8 Å². The highest BCUT2D eigenvalue weighted by atomic mass is 35.5. The number of hydrogen-bond donors (Lipinski definition) is 1. The van der Waals surface area contributed by atoms with E-state index in [0.717, 1.165) is 6.07 Å². The molecular formula is C18H14ClF2N5O4. The van der Waals surface area contributed by atoms with E-state index in [0.29, 0.717) is 10.1 Å². The van der Waals surface area contributed by atoms with Gasteiger partial charge in [0.05, 0.1) is 16.0 Å². The van der Waals surface area contributed by atoms with Gasteiger partial charge >= 0.3 is 6.55 Å². The van der Waals surface area contributed by atoms with Gasteiger partial charge < -0.3 is 10.2 Å². The van der Waals surface area contributed by atoms with Gasteiger partial charge in [-0.05, 0) is 31.2 Å². The molecule has 0 radical (unpaired) electrons. The van der Waals surface area contributed by atoms with Crippen LogP contribution in [0.4, 0.5) is 20.2 Å². The Labute approximate surface area is 173 Å². The Balaban J connectivity index is 1.69. The standard InChI is InChI=1S/C18H14ClF2N5O4/c1-10(17-23-13-4-2-3-5-14(13)25(17)18(20)21)24-30-9-16(27)22-11-6-7-12(19)15(8-11)26(28)29/h2-8,18H,9H2,1H3,(H,22,27)/b24-10+. The van der Waals surface area contributed by atoms with Crippen molar-refractivity contribution in [3.63, 3.8) is 0 Å². The van der Waals surface area contributed by atoms with Gasteiger partial charge in [-0.1, -0.05) is 28.9 Å². The van der Waals surface area contributed by atoms with E-state index < -0.39 is 24.0 Å². The fourth-order valence-electron chi connectivity index (χ4n) is 2.65. The van der Waals surface area contributed by atoms with Crippen LogP contribution in [0, 0.1) is 10.1 Å². The van der Waals surface area contributed by atoms with Crippen molar-refractivity contribution in [2.24, 2.45) is 5.16 Å². The van der Waals surface area contributed by atoms with Gasteiger partial charge in [-0.3, -0.25) is 19.5 Å². The predicted molar refractivity (Wildman–Crippen MR) is 106 cm³/mol. The zero-order chi connectivity index (χ0) is 21.8. The Morgan fingerprint density at radius 2 is 2.10 bits per heavy atom. The van der Waals surface area contributed by atoms with Crippen LogP contribution in [-0.2, 0) is 9.63 Å². The number of para-hydroxylation sites is 2. The van der Waals surface area contributed by atoms with Gasteiger partial charge in [0.25, 0.3) is 11.6 Å². The summed E-state index contributed by atoms with van der Waals surface area (Å²) in [7, 11) is 0. The summed E-state index contributed by atoms with van der Waals surface area (Å²) in [5.41, 5.74) is 0.417. The van der Waals surface area contributed by atoms with E-state index in [2.05, 4.69) is 15.5 Å². The second-order valence-corrected chi connectivity index (χ2v) is 6.40. The molecule has 0 unspecified atom stereocenters. The van der Waals surface area contributed by atoms with Crippen molar-refractivity contribution in [1.29, 1.82) is 0 Å². The second-order valence-electron chi connectivity index (χ2n) is 5.99. The fraction of sp³-hybridized carbons (Fsp3) is 0.167. The van der Waals surface area contributed by atoms with E-state index in [9.17, 15) is 23.7 Å². The molecule has 1 N–H and O–H groups in total. The van der Waals surface area contributed by atoms with Crippen LogP contribution in [0.25, 0.3) is 11.0 Å². The number of nitro benzene ring substituents is 1. The smallest absolute Gasteiger partial charge is 0.320 e. The summed E-state index contributed by atoms with van der Waals surface area (Å²) in [4.78, 5) is 31.2. The molecule has 0 atom stereocenters. The Kier molecular flexibility index (Phi) is 6.21. The van der Waals surface area contributed by atoms with Crippen LogP contribution in [0.1, 0.15) is 19.3 Å². The third-order valence-electron chi connectivity index (χ3n) is 3.94. The number of oxime groups is 1. The minimum atomic E-state index is -2.85. The van der Waals surface area contributed by atoms with Crippen molar-refractivity contribution in [1.82, 2.24) is 9.55 Å². The second kappa shape index (κ2) is 8.82. The summed E-state index contributed by atoms with van der Waals surface area (Å²) in [5, 5.41) is 16.9. The molecule has 1 heterocycles. The normalized spacial score (nSPS) is 11.7. The van der Waals surface area contributed by atoms with Crippen molar-refractivity contribution in [2.45, 2.75) is 13.5 Å². The van der Waals surface area contributed by atoms with Crippen LogP contribution < -0.4 is 5.32 Å². The number of fused-ring (bicyclic) bond motifs is 1. The van der Waals surface area contributed by atoms with Crippen LogP contribution in [0.3, 0.4) is 0 Å². The number of nitrogens with one attached hydrogen (secondary N) is 1. The number of carbonyl (C=O) groups excluding carboxylic acids is 1. The lowest BCUT2D eigenvalue weighted by molar-refractivity contribution is -0.384. The van der Waals surface area contributed by atoms with Gasteiger partial charge in [-0.25, -0.2) is 4.98 Å². The number of benzene rings is 2. The molecule has 0 aliphatic rings. The lowest BCUT2D eigenvalue weighted by Crippen LogP contribution is -2.18. The minimum Gasteiger partial charge on any atom is -0.385 e. The number of imidazole rings is 1. The summed E-state index contributed by atoms with van der Waals surface area (Å²) in [5.74, 6) is -0.759. The summed E-state index contributed by atoms with van der Waals surface area (Å²) < 4.78 is 27.6. The number of hydrogen-bond acceptors (Lipinski definition) is 6. The first kappa shape index (κ1) is 21.1. The SMILES string of the molecule is C/C(=N\OCC(=O)Nc1ccc(Cl)c([N+](=O)[O-])c1)c1nc2ccccc2n1C(F)F. The summed E-state index contributed by atoms with van der Waals surface area (Å²) in [6.07, 6.45) is 0. The van der Waals surface area contributed by atoms with E-state index in [1.807, 2.05) is 0 Å². The number of amides is 1. The highest BCUT2D eigenvalue weighted by molar-refractivity contribution is 6.32. The summed E-state index contributed by atoms with van der Waals surface area (Å²) in [6, 6.07) is 10.1. The third kappa shape index (κ3) is 4.51. The maximum absolute atomic E-state index is 13.5. The highest BCUT2D eigenvalue weighted by Gasteiger charge is 2.20. The van der Waals surface area contributed by atoms with Gasteiger partial charge in [-0.2, -0.15) is 8.78 Å². The number of nitro groups is 1. The van der Waals surface area contributed by atoms with Crippen molar-refractivity contribution >= 4 is 45.6 Å². The van der Waals surface area contributed by atoms with Crippen molar-refractivity contribution < 1.29 is 23.3 Å². The van der Waals surface area contributed by atoms with E-state index in [1.165, 1.54) is 25.1 Å². The fourth-order valence-corrected chi connectivity index (χ4v) is 2.84. The maximum Gasteiger partial charge on any atom is 0.320 e. The van der Waals surface area contributed by atoms with E-state index in [-0.39, 0.29) is 33.5 Å². The minimum absolute atomic E-state index is 0.0430. The first-order valence-corrected chi connectivity index (χ1v) is 8.81. The Morgan fingerprint density at radius 1 is 1.37 bits per heavy atom. The molecule has 0 spiro atoms. The molecule has 156 valence electrons. The van der Waals surface area contributed by atoms with Crippen molar-refractivity contribution in [3.8, 4) is 0 Å². The van der Waals surface area contributed by atoms with E-state index in [1.54, 1.807) is 18.2 Å². The number of anilines is 1. The summed E-state index contributed by atoms with van der Waals surface area (Å²) >= 11 is 5.71. The Bertz CT molecular complexity index is 1150. The first-order valence-electron chi connectivity index (χ1n) is 8.43. The molecule has 1 aromatic heterocycles. The van der Waals surface area contributed by atoms with Gasteiger partial charge in [0.15, 0.2) is 12.4 Å². The average Bonchev–Trinajstić information content (AvgIpc) is 3.09. The summed E-state index contributed by atoms with van der Waals surface area (Å²) in [6.45, 7) is -1.98. The Hall–Kier alpha value is -3.60. The van der Waals surface area contributed by atoms with Crippen LogP contribution in [0.15, 0.2) is 47.6 Å². The molecular weight excluding hydrogens is 424 g/mol. The van der Waals surface area contributed by atoms with Crippen LogP contribution >= 0.6 is 11.6 Å². The third-order valence-corrected chi connectivity index (χ3v) is 4.26. The molecule has 0 aliphatic heterocycles. The van der Waals surface area contributed by atoms with Gasteiger partial charge in [-0.15, -0.1) is 0 Å². The molecule has 0 fully saturated rings. The molecule has 9 nitrogen and oxygen atoms in total. The topological polar surface area (TPSA) is 112 Å². The predicted octanol–water partition coefficient (Wildman–Crippen LogP) is 4.37. The molecule has 1 amide bonds. The molecule has 0 bridgehead atoms. The molecule has 30 heavy (non-hydrogen) atoms. The molecule has 12 heteroatoms. The van der Waals surface area contributed by atoms with E-state index in [4.69, 9.17) is 16.4 Å². The maximum atomic E-state index is 13.5. The molecule has 0 saturated carbocycles. The molecule has 3 rings (SSSR count). The number of carbonyl (C=O) groups is 1.